The van der Waals surface area contributed by atoms with Crippen LogP contribution in [0.25, 0.3) is 0 Å². The van der Waals surface area contributed by atoms with Crippen molar-refractivity contribution in [1.29, 1.82) is 0 Å². The smallest absolute Gasteiger partial charge is 0.289 e. The van der Waals surface area contributed by atoms with E-state index in [0.717, 1.165) is 12.1 Å². The van der Waals surface area contributed by atoms with E-state index in [9.17, 15) is 9.59 Å². The van der Waals surface area contributed by atoms with Crippen LogP contribution in [-0.2, 0) is 11.3 Å². The summed E-state index contributed by atoms with van der Waals surface area (Å²) in [4.78, 5) is 28.7. The number of rotatable bonds is 3. The average molecular weight is 324 g/mol. The van der Waals surface area contributed by atoms with E-state index in [1.54, 1.807) is 17.0 Å². The molecule has 2 atom stereocenters. The standard InChI is InChI=1S/C19H20N2O3/c1-13-4-2-5-14(8-13)9-20-10-15-11-21(12-16(15)18(20)22)19(23)17-6-3-7-24-17/h2-8,15-16H,9-12H2,1H3/t15-,16+/m1/s1. The van der Waals surface area contributed by atoms with Crippen LogP contribution in [0.5, 0.6) is 0 Å². The van der Waals surface area contributed by atoms with Crippen molar-refractivity contribution in [3.63, 3.8) is 0 Å². The Labute approximate surface area is 140 Å². The molecule has 124 valence electrons. The van der Waals surface area contributed by atoms with Crippen LogP contribution in [0.3, 0.4) is 0 Å². The second-order valence-corrected chi connectivity index (χ2v) is 6.76. The molecule has 0 radical (unpaired) electrons. The van der Waals surface area contributed by atoms with E-state index in [-0.39, 0.29) is 23.7 Å². The molecule has 2 aliphatic rings. The Morgan fingerprint density at radius 1 is 1.21 bits per heavy atom. The van der Waals surface area contributed by atoms with Crippen molar-refractivity contribution in [3.05, 3.63) is 59.5 Å². The van der Waals surface area contributed by atoms with Crippen molar-refractivity contribution >= 4 is 11.8 Å². The summed E-state index contributed by atoms with van der Waals surface area (Å²) in [6, 6.07) is 11.6. The fourth-order valence-electron chi connectivity index (χ4n) is 3.84. The molecular weight excluding hydrogens is 304 g/mol. The Morgan fingerprint density at radius 2 is 2.08 bits per heavy atom. The zero-order chi connectivity index (χ0) is 16.7. The van der Waals surface area contributed by atoms with E-state index in [1.807, 2.05) is 11.0 Å². The van der Waals surface area contributed by atoms with Gasteiger partial charge < -0.3 is 14.2 Å². The summed E-state index contributed by atoms with van der Waals surface area (Å²) in [6.07, 6.45) is 1.50. The van der Waals surface area contributed by atoms with E-state index in [2.05, 4.69) is 25.1 Å². The van der Waals surface area contributed by atoms with E-state index >= 15 is 0 Å². The maximum Gasteiger partial charge on any atom is 0.289 e. The quantitative estimate of drug-likeness (QED) is 0.871. The number of amides is 2. The zero-order valence-corrected chi connectivity index (χ0v) is 13.6. The molecule has 2 saturated heterocycles. The lowest BCUT2D eigenvalue weighted by Crippen LogP contribution is -2.35. The Balaban J connectivity index is 1.42. The number of hydrogen-bond acceptors (Lipinski definition) is 3. The van der Waals surface area contributed by atoms with Crippen molar-refractivity contribution in [2.45, 2.75) is 13.5 Å². The molecule has 5 heteroatoms. The van der Waals surface area contributed by atoms with Gasteiger partial charge in [-0.2, -0.15) is 0 Å². The van der Waals surface area contributed by atoms with E-state index in [0.29, 0.717) is 25.4 Å². The molecule has 0 spiro atoms. The van der Waals surface area contributed by atoms with E-state index < -0.39 is 0 Å². The summed E-state index contributed by atoms with van der Waals surface area (Å²) >= 11 is 0. The predicted molar refractivity (Wildman–Crippen MR) is 88.2 cm³/mol. The first-order valence-electron chi connectivity index (χ1n) is 8.29. The number of carbonyl (C=O) groups excluding carboxylic acids is 2. The van der Waals surface area contributed by atoms with Crippen LogP contribution in [0.1, 0.15) is 21.7 Å². The first-order valence-corrected chi connectivity index (χ1v) is 8.29. The van der Waals surface area contributed by atoms with Crippen LogP contribution in [0.15, 0.2) is 47.1 Å². The second-order valence-electron chi connectivity index (χ2n) is 6.76. The van der Waals surface area contributed by atoms with Crippen LogP contribution >= 0.6 is 0 Å². The summed E-state index contributed by atoms with van der Waals surface area (Å²) in [6.45, 7) is 4.55. The molecule has 3 heterocycles. The van der Waals surface area contributed by atoms with Crippen molar-refractivity contribution in [2.75, 3.05) is 19.6 Å². The highest BCUT2D eigenvalue weighted by molar-refractivity contribution is 5.93. The topological polar surface area (TPSA) is 53.8 Å². The SMILES string of the molecule is Cc1cccc(CN2C[C@@H]3CN(C(=O)c4ccco4)C[C@@H]3C2=O)c1. The number of nitrogens with zero attached hydrogens (tertiary/aromatic N) is 2. The minimum absolute atomic E-state index is 0.0753. The highest BCUT2D eigenvalue weighted by Gasteiger charge is 2.47. The molecule has 0 N–H and O–H groups in total. The Kier molecular flexibility index (Phi) is 3.63. The second kappa shape index (κ2) is 5.82. The fourth-order valence-corrected chi connectivity index (χ4v) is 3.84. The summed E-state index contributed by atoms with van der Waals surface area (Å²) in [5.41, 5.74) is 2.36. The Morgan fingerprint density at radius 3 is 2.79 bits per heavy atom. The predicted octanol–water partition coefficient (Wildman–Crippen LogP) is 2.32. The average Bonchev–Trinajstić information content (AvgIpc) is 3.27. The van der Waals surface area contributed by atoms with Gasteiger partial charge >= 0.3 is 0 Å². The molecule has 4 rings (SSSR count). The molecule has 0 saturated carbocycles. The largest absolute Gasteiger partial charge is 0.459 e. The Hall–Kier alpha value is -2.56. The number of carbonyl (C=O) groups is 2. The first kappa shape index (κ1) is 15.0. The third-order valence-corrected chi connectivity index (χ3v) is 5.00. The van der Waals surface area contributed by atoms with E-state index in [1.165, 1.54) is 11.8 Å². The molecule has 0 unspecified atom stereocenters. The zero-order valence-electron chi connectivity index (χ0n) is 13.6. The number of aryl methyl sites for hydroxylation is 1. The maximum absolute atomic E-state index is 12.7. The van der Waals surface area contributed by atoms with Gasteiger partial charge in [-0.15, -0.1) is 0 Å². The maximum atomic E-state index is 12.7. The van der Waals surface area contributed by atoms with Gasteiger partial charge in [-0.1, -0.05) is 29.8 Å². The lowest BCUT2D eigenvalue weighted by atomic mass is 10.0. The molecular formula is C19H20N2O3. The van der Waals surface area contributed by atoms with Gasteiger partial charge in [-0.25, -0.2) is 0 Å². The van der Waals surface area contributed by atoms with Crippen LogP contribution in [-0.4, -0.2) is 41.2 Å². The Bertz CT molecular complexity index is 769. The van der Waals surface area contributed by atoms with E-state index in [4.69, 9.17) is 4.42 Å². The molecule has 2 aliphatic heterocycles. The van der Waals surface area contributed by atoms with Gasteiger partial charge in [0.1, 0.15) is 0 Å². The van der Waals surface area contributed by atoms with Crippen molar-refractivity contribution in [3.8, 4) is 0 Å². The number of likely N-dealkylation sites (tertiary alicyclic amines) is 2. The van der Waals surface area contributed by atoms with Crippen molar-refractivity contribution in [2.24, 2.45) is 11.8 Å². The van der Waals surface area contributed by atoms with Gasteiger partial charge in [0, 0.05) is 32.1 Å². The third kappa shape index (κ3) is 2.60. The van der Waals surface area contributed by atoms with Gasteiger partial charge in [-0.3, -0.25) is 9.59 Å². The summed E-state index contributed by atoms with van der Waals surface area (Å²) < 4.78 is 5.18. The molecule has 0 bridgehead atoms. The van der Waals surface area contributed by atoms with Crippen molar-refractivity contribution in [1.82, 2.24) is 9.80 Å². The van der Waals surface area contributed by atoms with Crippen LogP contribution in [0.2, 0.25) is 0 Å². The van der Waals surface area contributed by atoms with Gasteiger partial charge in [0.15, 0.2) is 5.76 Å². The minimum atomic E-state index is -0.118. The molecule has 1 aromatic heterocycles. The number of benzene rings is 1. The highest BCUT2D eigenvalue weighted by atomic mass is 16.3. The molecule has 2 fully saturated rings. The first-order chi connectivity index (χ1) is 11.6. The van der Waals surface area contributed by atoms with Gasteiger partial charge in [0.2, 0.25) is 5.91 Å². The van der Waals surface area contributed by atoms with Gasteiger partial charge in [0.05, 0.1) is 12.2 Å². The third-order valence-electron chi connectivity index (χ3n) is 5.00. The highest BCUT2D eigenvalue weighted by Crippen LogP contribution is 2.33. The summed E-state index contributed by atoms with van der Waals surface area (Å²) in [5.74, 6) is 0.540. The van der Waals surface area contributed by atoms with Crippen LogP contribution in [0, 0.1) is 18.8 Å². The minimum Gasteiger partial charge on any atom is -0.459 e. The molecule has 2 aromatic rings. The van der Waals surface area contributed by atoms with Crippen LogP contribution in [0.4, 0.5) is 0 Å². The van der Waals surface area contributed by atoms with Gasteiger partial charge in [-0.05, 0) is 24.6 Å². The summed E-state index contributed by atoms with van der Waals surface area (Å²) in [5, 5.41) is 0. The van der Waals surface area contributed by atoms with Crippen molar-refractivity contribution < 1.29 is 14.0 Å². The number of furan rings is 1. The van der Waals surface area contributed by atoms with Gasteiger partial charge in [0.25, 0.3) is 5.91 Å². The lowest BCUT2D eigenvalue weighted by Gasteiger charge is -2.21. The monoisotopic (exact) mass is 324 g/mol. The molecule has 0 aliphatic carbocycles. The fraction of sp³-hybridized carbons (Fsp3) is 0.368. The molecule has 5 nitrogen and oxygen atoms in total. The number of hydrogen-bond donors (Lipinski definition) is 0. The number of fused-ring (bicyclic) bond motifs is 1. The molecule has 1 aromatic carbocycles. The van der Waals surface area contributed by atoms with Crippen LogP contribution < -0.4 is 0 Å². The lowest BCUT2D eigenvalue weighted by molar-refractivity contribution is -0.131. The normalized spacial score (nSPS) is 23.0. The summed E-state index contributed by atoms with van der Waals surface area (Å²) in [7, 11) is 0. The molecule has 2 amide bonds. The molecule has 24 heavy (non-hydrogen) atoms.